The van der Waals surface area contributed by atoms with E-state index in [9.17, 15) is 5.11 Å². The van der Waals surface area contributed by atoms with E-state index in [-0.39, 0.29) is 6.61 Å². The van der Waals surface area contributed by atoms with Gasteiger partial charge in [-0.2, -0.15) is 0 Å². The third-order valence-electron chi connectivity index (χ3n) is 3.07. The van der Waals surface area contributed by atoms with Crippen molar-refractivity contribution in [2.75, 3.05) is 6.61 Å². The van der Waals surface area contributed by atoms with E-state index in [4.69, 9.17) is 0 Å². The molecule has 0 atom stereocenters. The first-order valence-corrected chi connectivity index (χ1v) is 4.82. The zero-order chi connectivity index (χ0) is 8.27. The van der Waals surface area contributed by atoms with Crippen molar-refractivity contribution >= 4 is 0 Å². The van der Waals surface area contributed by atoms with Crippen LogP contribution in [-0.4, -0.2) is 6.61 Å². The number of hydrogen-bond acceptors (Lipinski definition) is 0. The molecule has 1 aliphatic carbocycles. The van der Waals surface area contributed by atoms with E-state index < -0.39 is 0 Å². The highest BCUT2D eigenvalue weighted by Gasteiger charge is 2.22. The molecule has 1 heteroatoms. The second-order valence-electron chi connectivity index (χ2n) is 4.19. The van der Waals surface area contributed by atoms with Crippen LogP contribution in [0.3, 0.4) is 0 Å². The highest BCUT2D eigenvalue weighted by Crippen LogP contribution is 2.32. The smallest absolute Gasteiger partial charge is 0.0850 e. The van der Waals surface area contributed by atoms with Crippen LogP contribution in [-0.2, 0) is 5.11 Å². The molecule has 0 spiro atoms. The van der Waals surface area contributed by atoms with Gasteiger partial charge in [0.15, 0.2) is 0 Å². The molecule has 1 nitrogen and oxygen atoms in total. The topological polar surface area (TPSA) is 19.9 Å². The lowest BCUT2D eigenvalue weighted by molar-refractivity contribution is 0.102. The Labute approximate surface area is 69.8 Å². The lowest BCUT2D eigenvalue weighted by Crippen LogP contribution is -2.20. The molecule has 0 aromatic carbocycles. The van der Waals surface area contributed by atoms with Crippen molar-refractivity contribution in [2.24, 2.45) is 17.8 Å². The molecule has 0 aromatic heterocycles. The molecule has 0 unspecified atom stereocenters. The van der Waals surface area contributed by atoms with Crippen molar-refractivity contribution in [3.8, 4) is 0 Å². The highest BCUT2D eigenvalue weighted by atomic mass is 16.3. The van der Waals surface area contributed by atoms with Crippen molar-refractivity contribution in [3.05, 3.63) is 0 Å². The quantitative estimate of drug-likeness (QED) is 0.584. The maximum absolute atomic E-state index is 10.6. The Hall–Kier alpha value is -0.0400. The monoisotopic (exact) mass is 155 g/mol. The lowest BCUT2D eigenvalue weighted by Gasteiger charge is -2.29. The molecule has 1 fully saturated rings. The molecule has 65 valence electrons. The van der Waals surface area contributed by atoms with E-state index in [0.29, 0.717) is 5.92 Å². The predicted octanol–water partition coefficient (Wildman–Crippen LogP) is 2.88. The van der Waals surface area contributed by atoms with Gasteiger partial charge in [0.05, 0.1) is 6.61 Å². The van der Waals surface area contributed by atoms with Crippen LogP contribution in [0, 0.1) is 17.8 Å². The van der Waals surface area contributed by atoms with Crippen LogP contribution < -0.4 is 0 Å². The molecule has 0 heterocycles. The molecule has 0 bridgehead atoms. The van der Waals surface area contributed by atoms with Crippen LogP contribution >= 0.6 is 0 Å². The molecule has 11 heavy (non-hydrogen) atoms. The molecule has 1 aliphatic rings. The van der Waals surface area contributed by atoms with E-state index in [1.54, 1.807) is 0 Å². The Morgan fingerprint density at radius 3 is 2.09 bits per heavy atom. The molecular weight excluding hydrogens is 136 g/mol. The molecule has 0 aromatic rings. The standard InChI is InChI=1S/C10H19O/c1-8(2)10-5-3-9(7-11)4-6-10/h8-10H,3-7H2,1-2H3. The van der Waals surface area contributed by atoms with Crippen LogP contribution in [0.15, 0.2) is 0 Å². The third kappa shape index (κ3) is 2.48. The second-order valence-corrected chi connectivity index (χ2v) is 4.19. The summed E-state index contributed by atoms with van der Waals surface area (Å²) in [4.78, 5) is 0. The van der Waals surface area contributed by atoms with E-state index in [1.807, 2.05) is 0 Å². The van der Waals surface area contributed by atoms with Crippen molar-refractivity contribution in [2.45, 2.75) is 39.5 Å². The number of hydrogen-bond donors (Lipinski definition) is 0. The average molecular weight is 155 g/mol. The van der Waals surface area contributed by atoms with Crippen LogP contribution in [0.25, 0.3) is 0 Å². The summed E-state index contributed by atoms with van der Waals surface area (Å²) in [7, 11) is 0. The summed E-state index contributed by atoms with van der Waals surface area (Å²) in [5.41, 5.74) is 0. The Morgan fingerprint density at radius 1 is 1.18 bits per heavy atom. The van der Waals surface area contributed by atoms with Crippen molar-refractivity contribution < 1.29 is 5.11 Å². The van der Waals surface area contributed by atoms with Crippen LogP contribution in [0.2, 0.25) is 0 Å². The Bertz CT molecular complexity index is 101. The van der Waals surface area contributed by atoms with Gasteiger partial charge in [-0.1, -0.05) is 13.8 Å². The summed E-state index contributed by atoms with van der Waals surface area (Å²) in [5, 5.41) is 10.6. The maximum atomic E-state index is 10.6. The fourth-order valence-electron chi connectivity index (χ4n) is 2.02. The fourth-order valence-corrected chi connectivity index (χ4v) is 2.02. The molecule has 1 radical (unpaired) electrons. The first-order valence-electron chi connectivity index (χ1n) is 4.82. The molecule has 0 amide bonds. The SMILES string of the molecule is CC(C)C1CCC(C[O])CC1. The summed E-state index contributed by atoms with van der Waals surface area (Å²) in [6, 6.07) is 0. The van der Waals surface area contributed by atoms with Crippen molar-refractivity contribution in [3.63, 3.8) is 0 Å². The van der Waals surface area contributed by atoms with Gasteiger partial charge in [-0.3, -0.25) is 0 Å². The zero-order valence-electron chi connectivity index (χ0n) is 7.68. The number of rotatable bonds is 2. The van der Waals surface area contributed by atoms with E-state index in [2.05, 4.69) is 13.8 Å². The van der Waals surface area contributed by atoms with Crippen LogP contribution in [0.4, 0.5) is 0 Å². The van der Waals surface area contributed by atoms with Gasteiger partial charge in [0.2, 0.25) is 0 Å². The van der Waals surface area contributed by atoms with Gasteiger partial charge in [-0.05, 0) is 43.4 Å². The summed E-state index contributed by atoms with van der Waals surface area (Å²) in [5.74, 6) is 2.23. The molecule has 1 saturated carbocycles. The summed E-state index contributed by atoms with van der Waals surface area (Å²) < 4.78 is 0. The summed E-state index contributed by atoms with van der Waals surface area (Å²) in [6.45, 7) is 4.75. The van der Waals surface area contributed by atoms with E-state index in [0.717, 1.165) is 11.8 Å². The van der Waals surface area contributed by atoms with E-state index >= 15 is 0 Å². The lowest BCUT2D eigenvalue weighted by atomic mass is 9.77. The van der Waals surface area contributed by atoms with Gasteiger partial charge in [0.1, 0.15) is 0 Å². The molecule has 0 aliphatic heterocycles. The van der Waals surface area contributed by atoms with Crippen molar-refractivity contribution in [1.82, 2.24) is 0 Å². The average Bonchev–Trinajstić information content (AvgIpc) is 2.05. The molecule has 0 N–H and O–H groups in total. The first-order chi connectivity index (χ1) is 5.24. The minimum atomic E-state index is 0.158. The van der Waals surface area contributed by atoms with Crippen molar-refractivity contribution in [1.29, 1.82) is 0 Å². The van der Waals surface area contributed by atoms with Gasteiger partial charge in [-0.25, -0.2) is 5.11 Å². The predicted molar refractivity (Wildman–Crippen MR) is 45.8 cm³/mol. The zero-order valence-corrected chi connectivity index (χ0v) is 7.68. The molecule has 1 rings (SSSR count). The molecular formula is C10H19O. The highest BCUT2D eigenvalue weighted by molar-refractivity contribution is 4.73. The minimum absolute atomic E-state index is 0.158. The fraction of sp³-hybridized carbons (Fsp3) is 1.00. The van der Waals surface area contributed by atoms with Gasteiger partial charge in [0.25, 0.3) is 0 Å². The minimum Gasteiger partial charge on any atom is -0.236 e. The van der Waals surface area contributed by atoms with Crippen LogP contribution in [0.5, 0.6) is 0 Å². The first kappa shape index (κ1) is 9.05. The van der Waals surface area contributed by atoms with Gasteiger partial charge < -0.3 is 0 Å². The summed E-state index contributed by atoms with van der Waals surface area (Å²) in [6.07, 6.45) is 4.97. The van der Waals surface area contributed by atoms with Gasteiger partial charge >= 0.3 is 0 Å². The Morgan fingerprint density at radius 2 is 1.73 bits per heavy atom. The van der Waals surface area contributed by atoms with Gasteiger partial charge in [0, 0.05) is 0 Å². The van der Waals surface area contributed by atoms with Gasteiger partial charge in [-0.15, -0.1) is 0 Å². The summed E-state index contributed by atoms with van der Waals surface area (Å²) >= 11 is 0. The van der Waals surface area contributed by atoms with Crippen LogP contribution in [0.1, 0.15) is 39.5 Å². The maximum Gasteiger partial charge on any atom is 0.0850 e. The third-order valence-corrected chi connectivity index (χ3v) is 3.07. The normalized spacial score (nSPS) is 32.7. The van der Waals surface area contributed by atoms with E-state index in [1.165, 1.54) is 25.7 Å². The second kappa shape index (κ2) is 4.10. The molecule has 0 saturated heterocycles. The Kier molecular flexibility index (Phi) is 3.38. The Balaban J connectivity index is 2.24. The largest absolute Gasteiger partial charge is 0.236 e.